The highest BCUT2D eigenvalue weighted by atomic mass is 19.1. The monoisotopic (exact) mass is 552 g/mol. The normalized spacial score (nSPS) is 25.9. The summed E-state index contributed by atoms with van der Waals surface area (Å²) in [6.45, 7) is 1.06. The van der Waals surface area contributed by atoms with Crippen molar-refractivity contribution in [3.05, 3.63) is 94.0 Å². The Morgan fingerprint density at radius 3 is 2.65 bits per heavy atom. The van der Waals surface area contributed by atoms with Crippen molar-refractivity contribution in [2.75, 3.05) is 27.2 Å². The zero-order valence-corrected chi connectivity index (χ0v) is 22.1. The van der Waals surface area contributed by atoms with Gasteiger partial charge >= 0.3 is 0 Å². The average molecular weight is 553 g/mol. The van der Waals surface area contributed by atoms with Crippen LogP contribution in [0.2, 0.25) is 0 Å². The van der Waals surface area contributed by atoms with Crippen molar-refractivity contribution in [1.82, 2.24) is 20.0 Å². The molecule has 0 aromatic heterocycles. The average Bonchev–Trinajstić information content (AvgIpc) is 3.51. The van der Waals surface area contributed by atoms with E-state index in [1.165, 1.54) is 13.2 Å². The molecule has 2 N–H and O–H groups in total. The standard InChI is InChI=1S/C29H30F2N4O5/c1-33-10-11-34-28(33)20-13-21(39-2)23-22(27(37)32-14-17-8-9-18(30)12-19(17)31)25(36)26(24(29(34)38)35(20)23)40-15-16-6-4-3-5-7-16/h3-9,12,20-21,25,28,36H,10-11,13-15H2,1-2H3,(H,32,37). The van der Waals surface area contributed by atoms with Gasteiger partial charge in [0.15, 0.2) is 5.76 Å². The molecular weight excluding hydrogens is 522 g/mol. The largest absolute Gasteiger partial charge is 0.488 e. The van der Waals surface area contributed by atoms with Crippen LogP contribution in [-0.2, 0) is 32.2 Å². The number of nitrogens with one attached hydrogen (secondary N) is 1. The second-order valence-corrected chi connectivity index (χ2v) is 10.4. The number of aliphatic hydroxyl groups is 1. The fourth-order valence-electron chi connectivity index (χ4n) is 6.24. The van der Waals surface area contributed by atoms with Crippen molar-refractivity contribution in [1.29, 1.82) is 0 Å². The Balaban J connectivity index is 1.40. The number of carbonyl (C=O) groups excluding carboxylic acids is 2. The molecule has 0 aliphatic carbocycles. The van der Waals surface area contributed by atoms with Crippen molar-refractivity contribution >= 4 is 11.8 Å². The number of likely N-dealkylation sites (N-methyl/N-ethyl adjacent to an activating group) is 1. The number of ether oxygens (including phenoxy) is 2. The summed E-state index contributed by atoms with van der Waals surface area (Å²) in [7, 11) is 3.47. The molecule has 9 nitrogen and oxygen atoms in total. The molecule has 0 saturated carbocycles. The third-order valence-electron chi connectivity index (χ3n) is 8.12. The third kappa shape index (κ3) is 4.25. The number of halogens is 2. The molecule has 0 radical (unpaired) electrons. The quantitative estimate of drug-likeness (QED) is 0.542. The van der Waals surface area contributed by atoms with Crippen LogP contribution in [0.25, 0.3) is 0 Å². The molecule has 210 valence electrons. The first-order valence-electron chi connectivity index (χ1n) is 13.2. The number of piperazine rings is 1. The van der Waals surface area contributed by atoms with Crippen molar-refractivity contribution in [2.24, 2.45) is 0 Å². The lowest BCUT2D eigenvalue weighted by atomic mass is 9.95. The minimum Gasteiger partial charge on any atom is -0.488 e. The van der Waals surface area contributed by atoms with Crippen molar-refractivity contribution < 1.29 is 33.0 Å². The first kappa shape index (κ1) is 26.4. The van der Waals surface area contributed by atoms with Gasteiger partial charge in [-0.15, -0.1) is 0 Å². The highest BCUT2D eigenvalue weighted by Crippen LogP contribution is 2.48. The molecule has 4 atom stereocenters. The molecule has 40 heavy (non-hydrogen) atoms. The van der Waals surface area contributed by atoms with E-state index in [0.717, 1.165) is 17.7 Å². The maximum absolute atomic E-state index is 14.3. The number of hydrogen-bond acceptors (Lipinski definition) is 7. The molecule has 4 unspecified atom stereocenters. The Hall–Kier alpha value is -3.80. The second-order valence-electron chi connectivity index (χ2n) is 10.4. The predicted molar refractivity (Wildman–Crippen MR) is 139 cm³/mol. The first-order valence-corrected chi connectivity index (χ1v) is 13.2. The maximum Gasteiger partial charge on any atom is 0.275 e. The topological polar surface area (TPSA) is 94.6 Å². The minimum absolute atomic E-state index is 0.00882. The van der Waals surface area contributed by atoms with Gasteiger partial charge in [0.25, 0.3) is 11.8 Å². The summed E-state index contributed by atoms with van der Waals surface area (Å²) in [5.74, 6) is -2.47. The molecule has 2 amide bonds. The highest BCUT2D eigenvalue weighted by molar-refractivity contribution is 6.01. The van der Waals surface area contributed by atoms with Gasteiger partial charge in [0, 0.05) is 44.8 Å². The van der Waals surface area contributed by atoms with E-state index in [0.29, 0.717) is 25.2 Å². The van der Waals surface area contributed by atoms with Gasteiger partial charge in [-0.05, 0) is 18.7 Å². The Kier molecular flexibility index (Phi) is 6.81. The Labute approximate surface area is 230 Å². The van der Waals surface area contributed by atoms with Crippen LogP contribution in [0.5, 0.6) is 0 Å². The van der Waals surface area contributed by atoms with E-state index in [1.54, 1.807) is 9.80 Å². The summed E-state index contributed by atoms with van der Waals surface area (Å²) in [4.78, 5) is 33.3. The molecule has 2 aromatic carbocycles. The molecule has 2 aromatic rings. The number of carbonyl (C=O) groups is 2. The molecule has 6 rings (SSSR count). The summed E-state index contributed by atoms with van der Waals surface area (Å²) in [6, 6.07) is 12.2. The number of aliphatic hydroxyl groups excluding tert-OH is 1. The summed E-state index contributed by atoms with van der Waals surface area (Å²) in [5.41, 5.74) is 1.49. The van der Waals surface area contributed by atoms with Crippen LogP contribution >= 0.6 is 0 Å². The Morgan fingerprint density at radius 2 is 1.93 bits per heavy atom. The van der Waals surface area contributed by atoms with Crippen LogP contribution in [0.4, 0.5) is 8.78 Å². The number of rotatable bonds is 7. The third-order valence-corrected chi connectivity index (χ3v) is 8.12. The van der Waals surface area contributed by atoms with E-state index in [1.807, 2.05) is 37.4 Å². The van der Waals surface area contributed by atoms with Gasteiger partial charge in [-0.25, -0.2) is 8.78 Å². The lowest BCUT2D eigenvalue weighted by Gasteiger charge is -2.47. The summed E-state index contributed by atoms with van der Waals surface area (Å²) >= 11 is 0. The molecular formula is C29H30F2N4O5. The lowest BCUT2D eigenvalue weighted by molar-refractivity contribution is -0.138. The van der Waals surface area contributed by atoms with Gasteiger partial charge in [-0.2, -0.15) is 0 Å². The summed E-state index contributed by atoms with van der Waals surface area (Å²) < 4.78 is 39.6. The number of nitrogens with zero attached hydrogens (tertiary/aromatic N) is 3. The van der Waals surface area contributed by atoms with Crippen LogP contribution in [0.3, 0.4) is 0 Å². The summed E-state index contributed by atoms with van der Waals surface area (Å²) in [6.07, 6.45) is -1.90. The van der Waals surface area contributed by atoms with Crippen LogP contribution in [-0.4, -0.2) is 83.3 Å². The minimum atomic E-state index is -1.57. The molecule has 0 bridgehead atoms. The fourth-order valence-corrected chi connectivity index (χ4v) is 6.24. The van der Waals surface area contributed by atoms with Gasteiger partial charge in [-0.1, -0.05) is 36.4 Å². The molecule has 3 fully saturated rings. The SMILES string of the molecule is COC1CC2C3N(C)CCN3C(=O)C3=C(OCc4ccccc4)C(O)C(C(=O)NCc4ccc(F)cc4F)=C1N32. The smallest absolute Gasteiger partial charge is 0.275 e. The van der Waals surface area contributed by atoms with Crippen LogP contribution in [0.1, 0.15) is 17.5 Å². The van der Waals surface area contributed by atoms with Crippen LogP contribution in [0.15, 0.2) is 71.3 Å². The molecule has 0 spiro atoms. The zero-order chi connectivity index (χ0) is 28.1. The molecule has 4 aliphatic heterocycles. The number of hydrogen-bond donors (Lipinski definition) is 2. The fraction of sp³-hybridized carbons (Fsp3) is 0.379. The first-order chi connectivity index (χ1) is 19.3. The van der Waals surface area contributed by atoms with Gasteiger partial charge in [0.05, 0.1) is 23.4 Å². The molecule has 4 aliphatic rings. The van der Waals surface area contributed by atoms with Crippen molar-refractivity contribution in [3.63, 3.8) is 0 Å². The van der Waals surface area contributed by atoms with Crippen LogP contribution < -0.4 is 5.32 Å². The van der Waals surface area contributed by atoms with Crippen LogP contribution in [0, 0.1) is 11.6 Å². The lowest BCUT2D eigenvalue weighted by Crippen LogP contribution is -2.61. The number of methoxy groups -OCH3 is 1. The zero-order valence-electron chi connectivity index (χ0n) is 22.1. The summed E-state index contributed by atoms with van der Waals surface area (Å²) in [5, 5.41) is 14.3. The molecule has 3 saturated heterocycles. The van der Waals surface area contributed by atoms with Crippen molar-refractivity contribution in [2.45, 2.75) is 44.0 Å². The number of amides is 2. The second kappa shape index (κ2) is 10.3. The number of fused-ring (bicyclic) bond motifs is 2. The number of benzene rings is 2. The van der Waals surface area contributed by atoms with E-state index >= 15 is 0 Å². The Morgan fingerprint density at radius 1 is 1.15 bits per heavy atom. The highest BCUT2D eigenvalue weighted by Gasteiger charge is 2.59. The maximum atomic E-state index is 14.3. The van der Waals surface area contributed by atoms with Gasteiger partial charge in [-0.3, -0.25) is 14.5 Å². The molecule has 11 heteroatoms. The van der Waals surface area contributed by atoms with E-state index in [9.17, 15) is 23.5 Å². The Bertz CT molecular complexity index is 1410. The van der Waals surface area contributed by atoms with Gasteiger partial charge in [0.2, 0.25) is 0 Å². The van der Waals surface area contributed by atoms with E-state index in [-0.39, 0.29) is 53.9 Å². The van der Waals surface area contributed by atoms with Gasteiger partial charge < -0.3 is 29.7 Å². The predicted octanol–water partition coefficient (Wildman–Crippen LogP) is 1.84. The van der Waals surface area contributed by atoms with E-state index in [4.69, 9.17) is 9.47 Å². The van der Waals surface area contributed by atoms with Crippen molar-refractivity contribution in [3.8, 4) is 0 Å². The van der Waals surface area contributed by atoms with E-state index in [2.05, 4.69) is 10.2 Å². The molecule has 4 heterocycles. The van der Waals surface area contributed by atoms with E-state index < -0.39 is 29.7 Å². The van der Waals surface area contributed by atoms with Gasteiger partial charge in [0.1, 0.15) is 36.2 Å².